The summed E-state index contributed by atoms with van der Waals surface area (Å²) in [5.41, 5.74) is 0.463. The van der Waals surface area contributed by atoms with Crippen molar-refractivity contribution in [3.05, 3.63) is 42.0 Å². The van der Waals surface area contributed by atoms with Crippen LogP contribution in [0.5, 0.6) is 0 Å². The van der Waals surface area contributed by atoms with Gasteiger partial charge in [0.05, 0.1) is 4.90 Å². The molecule has 3 atom stereocenters. The first-order chi connectivity index (χ1) is 11.6. The highest BCUT2D eigenvalue weighted by atomic mass is 32.2. The third kappa shape index (κ3) is 4.32. The second kappa shape index (κ2) is 7.75. The summed E-state index contributed by atoms with van der Waals surface area (Å²) < 4.78 is 14.9. The van der Waals surface area contributed by atoms with E-state index < -0.39 is 11.0 Å². The van der Waals surface area contributed by atoms with Crippen LogP contribution in [0.2, 0.25) is 0 Å². The molecule has 1 fully saturated rings. The van der Waals surface area contributed by atoms with Crippen LogP contribution in [0.4, 0.5) is 0 Å². The van der Waals surface area contributed by atoms with Gasteiger partial charge in [0.1, 0.15) is 0 Å². The second-order valence-electron chi connectivity index (χ2n) is 6.30. The molecule has 3 rings (SSSR count). The van der Waals surface area contributed by atoms with Crippen LogP contribution in [0.3, 0.4) is 0 Å². The van der Waals surface area contributed by atoms with Crippen molar-refractivity contribution in [3.8, 4) is 0 Å². The maximum absolute atomic E-state index is 12.3. The third-order valence-electron chi connectivity index (χ3n) is 4.40. The summed E-state index contributed by atoms with van der Waals surface area (Å²) in [4.78, 5) is 24.7. The fourth-order valence-electron chi connectivity index (χ4n) is 2.85. The molecule has 1 aromatic carbocycles. The molecule has 0 spiro atoms. The zero-order valence-corrected chi connectivity index (χ0v) is 14.3. The molecule has 2 unspecified atom stereocenters. The molecular formula is C18H22N2O3S. The lowest BCUT2D eigenvalue weighted by Crippen LogP contribution is -2.28. The minimum absolute atomic E-state index is 0.0765. The molecule has 1 aliphatic heterocycles. The van der Waals surface area contributed by atoms with Gasteiger partial charge < -0.3 is 5.32 Å². The van der Waals surface area contributed by atoms with Gasteiger partial charge in [0, 0.05) is 18.0 Å². The van der Waals surface area contributed by atoms with E-state index in [2.05, 4.69) is 22.2 Å². The lowest BCUT2D eigenvalue weighted by atomic mass is 10.1. The first-order valence-corrected chi connectivity index (χ1v) is 9.57. The molecule has 1 aliphatic carbocycles. The Hall–Kier alpha value is -1.95. The van der Waals surface area contributed by atoms with Crippen molar-refractivity contribution in [2.75, 3.05) is 6.54 Å². The Balaban J connectivity index is 1.75. The van der Waals surface area contributed by atoms with E-state index in [1.807, 2.05) is 0 Å². The maximum Gasteiger partial charge on any atom is 0.251 e. The summed E-state index contributed by atoms with van der Waals surface area (Å²) in [6, 6.07) is 6.61. The average molecular weight is 346 g/mol. The number of fused-ring (bicyclic) bond motifs is 3. The van der Waals surface area contributed by atoms with Gasteiger partial charge in [-0.25, -0.2) is 4.21 Å². The molecule has 2 aliphatic rings. The molecule has 0 radical (unpaired) electrons. The Morgan fingerprint density at radius 1 is 1.12 bits per heavy atom. The SMILES string of the molecule is O=C1NCCCCC/C=C/[C@@H]2CC2C(=O)NS(=O)c2cccc1c2. The van der Waals surface area contributed by atoms with Gasteiger partial charge >= 0.3 is 0 Å². The first-order valence-electron chi connectivity index (χ1n) is 8.42. The minimum Gasteiger partial charge on any atom is -0.352 e. The van der Waals surface area contributed by atoms with Crippen LogP contribution in [0.25, 0.3) is 0 Å². The molecule has 5 nitrogen and oxygen atoms in total. The second-order valence-corrected chi connectivity index (χ2v) is 7.52. The molecule has 0 aromatic heterocycles. The van der Waals surface area contributed by atoms with E-state index in [-0.39, 0.29) is 23.7 Å². The Bertz CT molecular complexity index is 687. The Morgan fingerprint density at radius 2 is 2.00 bits per heavy atom. The van der Waals surface area contributed by atoms with Crippen LogP contribution in [-0.4, -0.2) is 22.6 Å². The van der Waals surface area contributed by atoms with Gasteiger partial charge in [0.15, 0.2) is 11.0 Å². The lowest BCUT2D eigenvalue weighted by Gasteiger charge is -2.08. The monoisotopic (exact) mass is 346 g/mol. The Labute approximate surface area is 144 Å². The lowest BCUT2D eigenvalue weighted by molar-refractivity contribution is -0.120. The van der Waals surface area contributed by atoms with Crippen molar-refractivity contribution >= 4 is 22.8 Å². The predicted octanol–water partition coefficient (Wildman–Crippen LogP) is 2.32. The minimum atomic E-state index is -1.64. The van der Waals surface area contributed by atoms with Gasteiger partial charge in [-0.05, 0) is 49.8 Å². The summed E-state index contributed by atoms with van der Waals surface area (Å²) in [5.74, 6) is -0.159. The van der Waals surface area contributed by atoms with Crippen LogP contribution in [-0.2, 0) is 15.8 Å². The Kier molecular flexibility index (Phi) is 5.45. The van der Waals surface area contributed by atoms with E-state index in [4.69, 9.17) is 0 Å². The van der Waals surface area contributed by atoms with Gasteiger partial charge in [-0.2, -0.15) is 0 Å². The van der Waals surface area contributed by atoms with Crippen molar-refractivity contribution in [1.82, 2.24) is 10.0 Å². The van der Waals surface area contributed by atoms with Gasteiger partial charge in [-0.3, -0.25) is 14.3 Å². The zero-order valence-electron chi connectivity index (χ0n) is 13.5. The molecule has 0 saturated heterocycles. The number of nitrogens with one attached hydrogen (secondary N) is 2. The largest absolute Gasteiger partial charge is 0.352 e. The summed E-state index contributed by atoms with van der Waals surface area (Å²) in [6.45, 7) is 0.636. The van der Waals surface area contributed by atoms with Crippen molar-refractivity contribution < 1.29 is 13.8 Å². The molecule has 1 saturated carbocycles. The molecule has 1 aromatic rings. The van der Waals surface area contributed by atoms with E-state index in [0.717, 1.165) is 32.1 Å². The van der Waals surface area contributed by atoms with Crippen molar-refractivity contribution in [2.45, 2.75) is 37.0 Å². The normalized spacial score (nSPS) is 29.6. The van der Waals surface area contributed by atoms with Crippen LogP contribution >= 0.6 is 0 Å². The van der Waals surface area contributed by atoms with Gasteiger partial charge in [-0.15, -0.1) is 0 Å². The smallest absolute Gasteiger partial charge is 0.251 e. The molecule has 1 heterocycles. The van der Waals surface area contributed by atoms with E-state index in [1.54, 1.807) is 24.3 Å². The number of hydrogen-bond acceptors (Lipinski definition) is 3. The number of benzene rings is 1. The molecule has 2 bridgehead atoms. The summed E-state index contributed by atoms with van der Waals surface area (Å²) in [7, 11) is -1.64. The highest BCUT2D eigenvalue weighted by molar-refractivity contribution is 7.83. The molecule has 128 valence electrons. The summed E-state index contributed by atoms with van der Waals surface area (Å²) in [5, 5.41) is 2.88. The molecule has 2 amide bonds. The standard InChI is InChI=1S/C18H22N2O3S/c21-17-14-8-6-9-15(11-14)24(23)20-18(22)16-12-13(16)7-4-2-1-3-5-10-19-17/h4,6-9,11,13,16H,1-3,5,10,12H2,(H,19,21)(H,20,22)/b7-4+/t13-,16?,24?/m1/s1. The number of carbonyl (C=O) groups excluding carboxylic acids is 2. The van der Waals surface area contributed by atoms with E-state index in [1.165, 1.54) is 0 Å². The van der Waals surface area contributed by atoms with Crippen LogP contribution < -0.4 is 10.0 Å². The Morgan fingerprint density at radius 3 is 2.88 bits per heavy atom. The van der Waals surface area contributed by atoms with Crippen molar-refractivity contribution in [3.63, 3.8) is 0 Å². The number of carbonyl (C=O) groups is 2. The molecule has 6 heteroatoms. The fraction of sp³-hybridized carbons (Fsp3) is 0.444. The van der Waals surface area contributed by atoms with Crippen molar-refractivity contribution in [1.29, 1.82) is 0 Å². The first kappa shape index (κ1) is 16.9. The summed E-state index contributed by atoms with van der Waals surface area (Å²) in [6.07, 6.45) is 9.13. The highest BCUT2D eigenvalue weighted by Gasteiger charge is 2.41. The van der Waals surface area contributed by atoms with Crippen LogP contribution in [0.15, 0.2) is 41.3 Å². The molecular weight excluding hydrogens is 324 g/mol. The van der Waals surface area contributed by atoms with Crippen LogP contribution in [0, 0.1) is 11.8 Å². The van der Waals surface area contributed by atoms with E-state index in [0.29, 0.717) is 17.0 Å². The topological polar surface area (TPSA) is 75.3 Å². The zero-order chi connectivity index (χ0) is 16.9. The number of allylic oxidation sites excluding steroid dienone is 2. The third-order valence-corrected chi connectivity index (χ3v) is 5.47. The molecule has 2 N–H and O–H groups in total. The van der Waals surface area contributed by atoms with Crippen molar-refractivity contribution in [2.24, 2.45) is 11.8 Å². The van der Waals surface area contributed by atoms with E-state index in [9.17, 15) is 13.8 Å². The van der Waals surface area contributed by atoms with Gasteiger partial charge in [0.2, 0.25) is 5.91 Å². The van der Waals surface area contributed by atoms with Gasteiger partial charge in [0.25, 0.3) is 5.91 Å². The highest BCUT2D eigenvalue weighted by Crippen LogP contribution is 2.40. The maximum atomic E-state index is 12.3. The van der Waals surface area contributed by atoms with E-state index >= 15 is 0 Å². The predicted molar refractivity (Wildman–Crippen MR) is 92.5 cm³/mol. The number of hydrogen-bond donors (Lipinski definition) is 2. The van der Waals surface area contributed by atoms with Gasteiger partial charge in [-0.1, -0.05) is 24.6 Å². The number of amides is 2. The quantitative estimate of drug-likeness (QED) is 0.708. The fourth-order valence-corrected chi connectivity index (χ4v) is 3.73. The molecule has 24 heavy (non-hydrogen) atoms. The van der Waals surface area contributed by atoms with Crippen LogP contribution in [0.1, 0.15) is 42.5 Å². The number of rotatable bonds is 0. The summed E-state index contributed by atoms with van der Waals surface area (Å²) >= 11 is 0. The average Bonchev–Trinajstić information content (AvgIpc) is 3.36.